The van der Waals surface area contributed by atoms with Crippen LogP contribution in [0.3, 0.4) is 0 Å². The average Bonchev–Trinajstić information content (AvgIpc) is 3.04. The van der Waals surface area contributed by atoms with Gasteiger partial charge in [0.2, 0.25) is 0 Å². The largest absolute Gasteiger partial charge is 0.362 e. The molecule has 0 N–H and O–H groups in total. The molecule has 0 saturated carbocycles. The molecular formula is C16H18INO. The van der Waals surface area contributed by atoms with Crippen LogP contribution in [0, 0.1) is 9.49 Å². The summed E-state index contributed by atoms with van der Waals surface area (Å²) >= 11 is 2.36. The molecule has 100 valence electrons. The fraction of sp³-hybridized carbons (Fsp3) is 0.500. The Bertz CT molecular complexity index is 512. The molecule has 19 heavy (non-hydrogen) atoms. The van der Waals surface area contributed by atoms with Gasteiger partial charge in [-0.05, 0) is 53.1 Å². The number of likely N-dealkylation sites (tertiary alicyclic amines) is 1. The predicted octanol–water partition coefficient (Wildman–Crippen LogP) is 2.86. The van der Waals surface area contributed by atoms with Gasteiger partial charge in [-0.25, -0.2) is 0 Å². The zero-order chi connectivity index (χ0) is 12.9. The van der Waals surface area contributed by atoms with E-state index in [9.17, 15) is 0 Å². The molecule has 3 unspecified atom stereocenters. The summed E-state index contributed by atoms with van der Waals surface area (Å²) in [5, 5.41) is 0. The first-order chi connectivity index (χ1) is 9.23. The van der Waals surface area contributed by atoms with E-state index < -0.39 is 0 Å². The van der Waals surface area contributed by atoms with Crippen molar-refractivity contribution in [3.8, 4) is 0 Å². The number of halogens is 1. The van der Waals surface area contributed by atoms with E-state index in [0.29, 0.717) is 6.10 Å². The van der Waals surface area contributed by atoms with E-state index in [2.05, 4.69) is 63.9 Å². The lowest BCUT2D eigenvalue weighted by Gasteiger charge is -2.22. The monoisotopic (exact) mass is 367 g/mol. The minimum atomic E-state index is 0.0801. The quantitative estimate of drug-likeness (QED) is 0.602. The molecule has 0 amide bonds. The molecule has 3 atom stereocenters. The van der Waals surface area contributed by atoms with E-state index in [-0.39, 0.29) is 5.60 Å². The van der Waals surface area contributed by atoms with Gasteiger partial charge in [0.1, 0.15) is 5.60 Å². The van der Waals surface area contributed by atoms with Gasteiger partial charge >= 0.3 is 0 Å². The Morgan fingerprint density at radius 1 is 1.32 bits per heavy atom. The molecule has 3 heteroatoms. The Morgan fingerprint density at radius 3 is 2.89 bits per heavy atom. The van der Waals surface area contributed by atoms with Crippen LogP contribution < -0.4 is 0 Å². The van der Waals surface area contributed by atoms with Crippen LogP contribution in [-0.4, -0.2) is 36.2 Å². The van der Waals surface area contributed by atoms with E-state index in [4.69, 9.17) is 4.74 Å². The van der Waals surface area contributed by atoms with Crippen LogP contribution in [0.2, 0.25) is 0 Å². The number of nitrogens with zero attached hydrogens (tertiary/aromatic N) is 1. The van der Waals surface area contributed by atoms with Crippen LogP contribution in [-0.2, 0) is 11.2 Å². The maximum absolute atomic E-state index is 6.13. The maximum atomic E-state index is 6.13. The van der Waals surface area contributed by atoms with Crippen molar-refractivity contribution in [2.45, 2.75) is 24.5 Å². The van der Waals surface area contributed by atoms with Gasteiger partial charge in [0.15, 0.2) is 0 Å². The summed E-state index contributed by atoms with van der Waals surface area (Å²) in [6, 6.07) is 8.89. The zero-order valence-electron chi connectivity index (χ0n) is 10.9. The van der Waals surface area contributed by atoms with Crippen LogP contribution >= 0.6 is 22.6 Å². The van der Waals surface area contributed by atoms with Gasteiger partial charge in [0, 0.05) is 29.1 Å². The molecule has 2 nitrogen and oxygen atoms in total. The Morgan fingerprint density at radius 2 is 2.16 bits per heavy atom. The molecular weight excluding hydrogens is 349 g/mol. The highest BCUT2D eigenvalue weighted by atomic mass is 127. The SMILES string of the molecule is Ic1ccc(CCN2CC3CC4C=CC3(C2)O4)cc1. The Balaban J connectivity index is 1.38. The lowest BCUT2D eigenvalue weighted by atomic mass is 9.86. The number of benzene rings is 1. The highest BCUT2D eigenvalue weighted by molar-refractivity contribution is 14.1. The molecule has 1 aromatic rings. The lowest BCUT2D eigenvalue weighted by Crippen LogP contribution is -2.33. The molecule has 3 aliphatic heterocycles. The number of hydrogen-bond acceptors (Lipinski definition) is 2. The smallest absolute Gasteiger partial charge is 0.104 e. The second-order valence-corrected chi connectivity index (χ2v) is 7.26. The van der Waals surface area contributed by atoms with E-state index in [0.717, 1.165) is 25.4 Å². The van der Waals surface area contributed by atoms with Crippen LogP contribution in [0.1, 0.15) is 12.0 Å². The first kappa shape index (κ1) is 12.4. The topological polar surface area (TPSA) is 12.5 Å². The second-order valence-electron chi connectivity index (χ2n) is 6.01. The second kappa shape index (κ2) is 4.57. The van der Waals surface area contributed by atoms with Crippen LogP contribution in [0.15, 0.2) is 36.4 Å². The van der Waals surface area contributed by atoms with E-state index >= 15 is 0 Å². The van der Waals surface area contributed by atoms with Crippen molar-refractivity contribution in [2.75, 3.05) is 19.6 Å². The molecule has 4 rings (SSSR count). The number of fused-ring (bicyclic) bond motifs is 1. The van der Waals surface area contributed by atoms with Gasteiger partial charge in [-0.15, -0.1) is 0 Å². The molecule has 1 aromatic carbocycles. The number of hydrogen-bond donors (Lipinski definition) is 0. The van der Waals surface area contributed by atoms with E-state index in [1.165, 1.54) is 22.1 Å². The highest BCUT2D eigenvalue weighted by Crippen LogP contribution is 2.47. The Kier molecular flexibility index (Phi) is 2.97. The number of ether oxygens (including phenoxy) is 1. The van der Waals surface area contributed by atoms with Gasteiger partial charge in [0.25, 0.3) is 0 Å². The fourth-order valence-corrected chi connectivity index (χ4v) is 4.11. The van der Waals surface area contributed by atoms with Crippen molar-refractivity contribution in [2.24, 2.45) is 5.92 Å². The molecule has 2 bridgehead atoms. The van der Waals surface area contributed by atoms with E-state index in [1.807, 2.05) is 0 Å². The van der Waals surface area contributed by atoms with Crippen LogP contribution in [0.4, 0.5) is 0 Å². The first-order valence-corrected chi connectivity index (χ1v) is 8.15. The van der Waals surface area contributed by atoms with Crippen LogP contribution in [0.25, 0.3) is 0 Å². The third-order valence-corrected chi connectivity index (χ3v) is 5.47. The minimum Gasteiger partial charge on any atom is -0.362 e. The van der Waals surface area contributed by atoms with E-state index in [1.54, 1.807) is 0 Å². The molecule has 3 heterocycles. The van der Waals surface area contributed by atoms with Gasteiger partial charge < -0.3 is 4.74 Å². The van der Waals surface area contributed by atoms with Gasteiger partial charge in [-0.3, -0.25) is 4.90 Å². The molecule has 0 radical (unpaired) electrons. The maximum Gasteiger partial charge on any atom is 0.104 e. The van der Waals surface area contributed by atoms with Crippen molar-refractivity contribution in [3.63, 3.8) is 0 Å². The van der Waals surface area contributed by atoms with Gasteiger partial charge in [0.05, 0.1) is 6.10 Å². The van der Waals surface area contributed by atoms with Crippen molar-refractivity contribution >= 4 is 22.6 Å². The molecule has 0 aliphatic carbocycles. The van der Waals surface area contributed by atoms with Crippen molar-refractivity contribution in [3.05, 3.63) is 45.6 Å². The predicted molar refractivity (Wildman–Crippen MR) is 84.2 cm³/mol. The van der Waals surface area contributed by atoms with Gasteiger partial charge in [-0.1, -0.05) is 24.3 Å². The summed E-state index contributed by atoms with van der Waals surface area (Å²) in [6.45, 7) is 3.46. The van der Waals surface area contributed by atoms with Crippen molar-refractivity contribution in [1.82, 2.24) is 4.90 Å². The molecule has 0 aromatic heterocycles. The Hall–Kier alpha value is -0.390. The molecule has 3 aliphatic rings. The third kappa shape index (κ3) is 2.16. The lowest BCUT2D eigenvalue weighted by molar-refractivity contribution is 0.0239. The number of rotatable bonds is 3. The molecule has 1 spiro atoms. The summed E-state index contributed by atoms with van der Waals surface area (Å²) in [5.41, 5.74) is 1.52. The van der Waals surface area contributed by atoms with Crippen LogP contribution in [0.5, 0.6) is 0 Å². The summed E-state index contributed by atoms with van der Waals surface area (Å²) in [6.07, 6.45) is 7.39. The highest BCUT2D eigenvalue weighted by Gasteiger charge is 2.54. The first-order valence-electron chi connectivity index (χ1n) is 7.07. The fourth-order valence-electron chi connectivity index (χ4n) is 3.75. The third-order valence-electron chi connectivity index (χ3n) is 4.75. The molecule has 2 saturated heterocycles. The molecule has 2 fully saturated rings. The Labute approximate surface area is 128 Å². The van der Waals surface area contributed by atoms with Gasteiger partial charge in [-0.2, -0.15) is 0 Å². The summed E-state index contributed by atoms with van der Waals surface area (Å²) < 4.78 is 7.44. The standard InChI is InChI=1S/C16H18INO/c17-14-3-1-12(2-4-14)6-8-18-10-13-9-15-5-7-16(13,11-18)19-15/h1-5,7,13,15H,6,8-11H2. The zero-order valence-corrected chi connectivity index (χ0v) is 13.0. The summed E-state index contributed by atoms with van der Waals surface area (Å²) in [5.74, 6) is 0.735. The van der Waals surface area contributed by atoms with Crippen molar-refractivity contribution in [1.29, 1.82) is 0 Å². The minimum absolute atomic E-state index is 0.0801. The summed E-state index contributed by atoms with van der Waals surface area (Å²) in [7, 11) is 0. The average molecular weight is 367 g/mol. The van der Waals surface area contributed by atoms with Crippen molar-refractivity contribution < 1.29 is 4.74 Å². The summed E-state index contributed by atoms with van der Waals surface area (Å²) in [4.78, 5) is 2.58. The normalized spacial score (nSPS) is 36.1.